The third-order valence-corrected chi connectivity index (χ3v) is 4.66. The van der Waals surface area contributed by atoms with Crippen molar-refractivity contribution in [2.75, 3.05) is 32.7 Å². The van der Waals surface area contributed by atoms with E-state index in [0.717, 1.165) is 37.7 Å². The highest BCUT2D eigenvalue weighted by atomic mass is 35.5. The molecule has 136 valence electrons. The number of nitrogens with zero attached hydrogens (tertiary/aromatic N) is 2. The van der Waals surface area contributed by atoms with Gasteiger partial charge in [-0.2, -0.15) is 0 Å². The molecule has 0 bridgehead atoms. The summed E-state index contributed by atoms with van der Waals surface area (Å²) >= 11 is 5.90. The van der Waals surface area contributed by atoms with Gasteiger partial charge in [0.05, 0.1) is 12.1 Å². The lowest BCUT2D eigenvalue weighted by atomic mass is 10.1. The number of aliphatic hydroxyl groups excluding tert-OH is 1. The summed E-state index contributed by atoms with van der Waals surface area (Å²) in [4.78, 5) is 16.6. The summed E-state index contributed by atoms with van der Waals surface area (Å²) in [6.07, 6.45) is 0.143. The van der Waals surface area contributed by atoms with Crippen LogP contribution in [0.1, 0.15) is 12.0 Å². The lowest BCUT2D eigenvalue weighted by Gasteiger charge is -2.36. The van der Waals surface area contributed by atoms with Crippen LogP contribution in [0.5, 0.6) is 0 Å². The largest absolute Gasteiger partial charge is 0.392 e. The van der Waals surface area contributed by atoms with E-state index in [1.165, 1.54) is 5.56 Å². The summed E-state index contributed by atoms with van der Waals surface area (Å²) in [5, 5.41) is 13.4. The monoisotopic (exact) mass is 395 g/mol. The Morgan fingerprint density at radius 2 is 1.79 bits per heavy atom. The van der Waals surface area contributed by atoms with Crippen LogP contribution in [0, 0.1) is 0 Å². The molecule has 2 saturated heterocycles. The van der Waals surface area contributed by atoms with Crippen molar-refractivity contribution in [1.29, 1.82) is 0 Å². The number of hydrogen-bond acceptors (Lipinski definition) is 4. The molecule has 2 aliphatic heterocycles. The molecule has 0 aliphatic carbocycles. The molecule has 1 aromatic carbocycles. The van der Waals surface area contributed by atoms with Crippen LogP contribution in [0.4, 0.5) is 0 Å². The molecular formula is C16H24Cl3N3O2. The molecule has 3 rings (SSSR count). The van der Waals surface area contributed by atoms with Crippen LogP contribution in [-0.4, -0.2) is 65.7 Å². The van der Waals surface area contributed by atoms with Crippen LogP contribution >= 0.6 is 36.4 Å². The van der Waals surface area contributed by atoms with E-state index in [0.29, 0.717) is 13.0 Å². The molecule has 0 aromatic heterocycles. The first-order valence-corrected chi connectivity index (χ1v) is 8.16. The van der Waals surface area contributed by atoms with E-state index < -0.39 is 0 Å². The summed E-state index contributed by atoms with van der Waals surface area (Å²) < 4.78 is 0. The topological polar surface area (TPSA) is 55.8 Å². The van der Waals surface area contributed by atoms with E-state index in [4.69, 9.17) is 11.6 Å². The fourth-order valence-electron chi connectivity index (χ4n) is 3.10. The van der Waals surface area contributed by atoms with E-state index >= 15 is 0 Å². The molecule has 8 heteroatoms. The minimum atomic E-state index is -0.389. The van der Waals surface area contributed by atoms with Gasteiger partial charge in [-0.05, 0) is 24.1 Å². The number of piperazine rings is 1. The Hall–Kier alpha value is -0.560. The summed E-state index contributed by atoms with van der Waals surface area (Å²) in [7, 11) is 0. The average Bonchev–Trinajstić information content (AvgIpc) is 2.96. The summed E-state index contributed by atoms with van der Waals surface area (Å²) in [6, 6.07) is 7.70. The van der Waals surface area contributed by atoms with E-state index in [9.17, 15) is 9.90 Å². The number of hydrogen-bond donors (Lipinski definition) is 2. The van der Waals surface area contributed by atoms with Gasteiger partial charge in [-0.15, -0.1) is 24.8 Å². The van der Waals surface area contributed by atoms with Gasteiger partial charge in [0.25, 0.3) is 0 Å². The van der Waals surface area contributed by atoms with Crippen molar-refractivity contribution < 1.29 is 9.90 Å². The molecule has 0 radical (unpaired) electrons. The first kappa shape index (κ1) is 21.5. The van der Waals surface area contributed by atoms with Gasteiger partial charge in [0.1, 0.15) is 0 Å². The maximum atomic E-state index is 12.4. The highest BCUT2D eigenvalue weighted by Gasteiger charge is 2.32. The molecule has 24 heavy (non-hydrogen) atoms. The third kappa shape index (κ3) is 5.48. The van der Waals surface area contributed by atoms with E-state index in [2.05, 4.69) is 10.2 Å². The van der Waals surface area contributed by atoms with Crippen molar-refractivity contribution in [2.24, 2.45) is 0 Å². The number of halogens is 3. The highest BCUT2D eigenvalue weighted by molar-refractivity contribution is 6.30. The van der Waals surface area contributed by atoms with Crippen molar-refractivity contribution in [3.05, 3.63) is 34.9 Å². The number of amides is 1. The molecule has 0 saturated carbocycles. The van der Waals surface area contributed by atoms with Crippen LogP contribution in [0.25, 0.3) is 0 Å². The molecule has 1 amide bonds. The number of benzene rings is 1. The zero-order valence-electron chi connectivity index (χ0n) is 13.4. The van der Waals surface area contributed by atoms with Crippen LogP contribution in [-0.2, 0) is 11.3 Å². The first-order valence-electron chi connectivity index (χ1n) is 7.79. The maximum absolute atomic E-state index is 12.4. The lowest BCUT2D eigenvalue weighted by Crippen LogP contribution is -2.52. The number of rotatable bonds is 3. The maximum Gasteiger partial charge on any atom is 0.239 e. The molecule has 2 heterocycles. The van der Waals surface area contributed by atoms with Crippen molar-refractivity contribution in [3.8, 4) is 0 Å². The second-order valence-corrected chi connectivity index (χ2v) is 6.51. The standard InChI is InChI=1S/C16H22ClN3O2.2ClH/c17-13-3-1-12(2-4-13)11-19-5-7-20(8-6-19)16(22)15-9-14(21)10-18-15;;/h1-4,14-15,18,21H,5-11H2;2*1H. The predicted molar refractivity (Wildman–Crippen MR) is 100 cm³/mol. The molecule has 2 atom stereocenters. The minimum absolute atomic E-state index is 0. The minimum Gasteiger partial charge on any atom is -0.392 e. The van der Waals surface area contributed by atoms with Gasteiger partial charge in [0, 0.05) is 44.3 Å². The Morgan fingerprint density at radius 1 is 1.17 bits per heavy atom. The summed E-state index contributed by atoms with van der Waals surface area (Å²) in [6.45, 7) is 4.67. The second-order valence-electron chi connectivity index (χ2n) is 6.08. The van der Waals surface area contributed by atoms with E-state index in [1.54, 1.807) is 0 Å². The molecule has 5 nitrogen and oxygen atoms in total. The number of β-amino-alcohol motifs (C(OH)–C–C–N with tert-alkyl or cyclic N) is 1. The number of carbonyl (C=O) groups excluding carboxylic acids is 1. The Balaban J connectivity index is 0.00000144. The Bertz CT molecular complexity index is 522. The van der Waals surface area contributed by atoms with Gasteiger partial charge >= 0.3 is 0 Å². The molecular weight excluding hydrogens is 373 g/mol. The van der Waals surface area contributed by atoms with Gasteiger partial charge in [-0.25, -0.2) is 0 Å². The van der Waals surface area contributed by atoms with Gasteiger partial charge < -0.3 is 15.3 Å². The Labute approximate surface area is 160 Å². The van der Waals surface area contributed by atoms with Crippen molar-refractivity contribution in [1.82, 2.24) is 15.1 Å². The van der Waals surface area contributed by atoms with Crippen LogP contribution in [0.2, 0.25) is 5.02 Å². The molecule has 0 spiro atoms. The molecule has 2 fully saturated rings. The van der Waals surface area contributed by atoms with Gasteiger partial charge in [0.15, 0.2) is 0 Å². The highest BCUT2D eigenvalue weighted by Crippen LogP contribution is 2.15. The van der Waals surface area contributed by atoms with E-state index in [1.807, 2.05) is 29.2 Å². The molecule has 2 aliphatic rings. The molecule has 2 unspecified atom stereocenters. The average molecular weight is 397 g/mol. The smallest absolute Gasteiger partial charge is 0.239 e. The Morgan fingerprint density at radius 3 is 2.33 bits per heavy atom. The van der Waals surface area contributed by atoms with E-state index in [-0.39, 0.29) is 42.9 Å². The van der Waals surface area contributed by atoms with Gasteiger partial charge in [-0.3, -0.25) is 9.69 Å². The zero-order valence-corrected chi connectivity index (χ0v) is 15.7. The first-order chi connectivity index (χ1) is 10.6. The predicted octanol–water partition coefficient (Wildman–Crippen LogP) is 1.55. The van der Waals surface area contributed by atoms with Crippen LogP contribution in [0.15, 0.2) is 24.3 Å². The lowest BCUT2D eigenvalue weighted by molar-refractivity contribution is -0.135. The van der Waals surface area contributed by atoms with Gasteiger partial charge in [0.2, 0.25) is 5.91 Å². The Kier molecular flexibility index (Phi) is 8.77. The fraction of sp³-hybridized carbons (Fsp3) is 0.562. The number of carbonyl (C=O) groups is 1. The second kappa shape index (κ2) is 9.80. The quantitative estimate of drug-likeness (QED) is 0.814. The van der Waals surface area contributed by atoms with Crippen molar-refractivity contribution in [3.63, 3.8) is 0 Å². The van der Waals surface area contributed by atoms with Crippen LogP contribution < -0.4 is 5.32 Å². The third-order valence-electron chi connectivity index (χ3n) is 4.41. The summed E-state index contributed by atoms with van der Waals surface area (Å²) in [5.74, 6) is 0.127. The molecule has 1 aromatic rings. The van der Waals surface area contributed by atoms with Crippen molar-refractivity contribution >= 4 is 42.3 Å². The fourth-order valence-corrected chi connectivity index (χ4v) is 3.23. The normalized spacial score (nSPS) is 24.2. The summed E-state index contributed by atoms with van der Waals surface area (Å²) in [5.41, 5.74) is 1.24. The van der Waals surface area contributed by atoms with Crippen molar-refractivity contribution in [2.45, 2.75) is 25.1 Å². The number of nitrogens with one attached hydrogen (secondary N) is 1. The SMILES string of the molecule is Cl.Cl.O=C(C1CC(O)CN1)N1CCN(Cc2ccc(Cl)cc2)CC1. The molecule has 2 N–H and O–H groups in total. The number of aliphatic hydroxyl groups is 1. The van der Waals surface area contributed by atoms with Crippen LogP contribution in [0.3, 0.4) is 0 Å². The van der Waals surface area contributed by atoms with Gasteiger partial charge in [-0.1, -0.05) is 23.7 Å². The zero-order chi connectivity index (χ0) is 15.5.